The van der Waals surface area contributed by atoms with E-state index in [4.69, 9.17) is 0 Å². The Hall–Kier alpha value is -3.20. The number of carbonyl (C=O) groups is 2. The summed E-state index contributed by atoms with van der Waals surface area (Å²) < 4.78 is 39.1. The molecule has 1 fully saturated rings. The zero-order valence-corrected chi connectivity index (χ0v) is 17.3. The zero-order chi connectivity index (χ0) is 22.6. The number of carbonyl (C=O) groups excluding carboxylic acids is 1. The zero-order valence-electron chi connectivity index (χ0n) is 16.5. The third-order valence-corrected chi connectivity index (χ3v) is 7.14. The molecule has 2 N–H and O–H groups in total. The second-order valence-electron chi connectivity index (χ2n) is 8.10. The molecular formula is C23H17F3N2O3S. The Balaban J connectivity index is 1.37. The molecular weight excluding hydrogens is 441 g/mol. The summed E-state index contributed by atoms with van der Waals surface area (Å²) in [6.45, 7) is 0. The first-order chi connectivity index (χ1) is 15.2. The number of carboxylic acids is 1. The average molecular weight is 458 g/mol. The van der Waals surface area contributed by atoms with Crippen molar-refractivity contribution in [1.82, 2.24) is 4.98 Å². The van der Waals surface area contributed by atoms with Gasteiger partial charge in [0.25, 0.3) is 0 Å². The quantitative estimate of drug-likeness (QED) is 0.510. The Morgan fingerprint density at radius 1 is 1.00 bits per heavy atom. The number of hydrogen-bond donors (Lipinski definition) is 2. The lowest BCUT2D eigenvalue weighted by Crippen LogP contribution is -2.36. The van der Waals surface area contributed by atoms with Gasteiger partial charge in [-0.1, -0.05) is 41.7 Å². The first-order valence-electron chi connectivity index (χ1n) is 10.0. The molecule has 0 radical (unpaired) electrons. The van der Waals surface area contributed by atoms with Crippen LogP contribution < -0.4 is 5.32 Å². The summed E-state index contributed by atoms with van der Waals surface area (Å²) in [5.41, 5.74) is 1.30. The van der Waals surface area contributed by atoms with Crippen LogP contribution >= 0.6 is 11.3 Å². The number of aromatic nitrogens is 1. The highest BCUT2D eigenvalue weighted by Gasteiger charge is 2.51. The van der Waals surface area contributed by atoms with Crippen LogP contribution in [0.1, 0.15) is 12.0 Å². The molecule has 2 bridgehead atoms. The van der Waals surface area contributed by atoms with Gasteiger partial charge in [0.1, 0.15) is 0 Å². The molecule has 5 rings (SSSR count). The summed E-state index contributed by atoms with van der Waals surface area (Å²) in [4.78, 5) is 28.9. The molecule has 5 nitrogen and oxygen atoms in total. The van der Waals surface area contributed by atoms with Crippen molar-refractivity contribution in [3.8, 4) is 11.1 Å². The molecule has 4 unspecified atom stereocenters. The number of hydrogen-bond acceptors (Lipinski definition) is 4. The van der Waals surface area contributed by atoms with Gasteiger partial charge in [-0.2, -0.15) is 13.2 Å². The van der Waals surface area contributed by atoms with Gasteiger partial charge in [0, 0.05) is 0 Å². The maximum absolute atomic E-state index is 12.9. The fraction of sp³-hybridized carbons (Fsp3) is 0.261. The number of rotatable bonds is 4. The van der Waals surface area contributed by atoms with Crippen LogP contribution in [0.4, 0.5) is 18.3 Å². The van der Waals surface area contributed by atoms with Gasteiger partial charge in [0.2, 0.25) is 5.91 Å². The monoisotopic (exact) mass is 458 g/mol. The first kappa shape index (κ1) is 20.7. The van der Waals surface area contributed by atoms with Crippen LogP contribution in [0.15, 0.2) is 54.6 Å². The van der Waals surface area contributed by atoms with E-state index in [-0.39, 0.29) is 17.7 Å². The molecule has 164 valence electrons. The number of aliphatic carboxylic acids is 1. The van der Waals surface area contributed by atoms with E-state index in [1.54, 1.807) is 12.1 Å². The smallest absolute Gasteiger partial charge is 0.416 e. The number of nitrogens with zero attached hydrogens (tertiary/aromatic N) is 1. The number of halogens is 3. The van der Waals surface area contributed by atoms with Gasteiger partial charge in [-0.05, 0) is 53.6 Å². The first-order valence-corrected chi connectivity index (χ1v) is 10.8. The molecule has 3 aromatic rings. The maximum Gasteiger partial charge on any atom is 0.416 e. The fourth-order valence-corrected chi connectivity index (χ4v) is 5.62. The summed E-state index contributed by atoms with van der Waals surface area (Å²) in [5.74, 6) is -2.87. The van der Waals surface area contributed by atoms with Crippen molar-refractivity contribution in [3.63, 3.8) is 0 Å². The number of anilines is 1. The number of amides is 1. The lowest BCUT2D eigenvalue weighted by atomic mass is 9.82. The van der Waals surface area contributed by atoms with Crippen molar-refractivity contribution in [1.29, 1.82) is 0 Å². The summed E-state index contributed by atoms with van der Waals surface area (Å²) in [6, 6.07) is 10.2. The van der Waals surface area contributed by atoms with Crippen LogP contribution in [0, 0.1) is 23.7 Å². The molecule has 2 aromatic carbocycles. The molecule has 2 aliphatic carbocycles. The van der Waals surface area contributed by atoms with E-state index in [1.165, 1.54) is 23.5 Å². The summed E-state index contributed by atoms with van der Waals surface area (Å²) in [6.07, 6.45) is 0.0869. The van der Waals surface area contributed by atoms with E-state index >= 15 is 0 Å². The topological polar surface area (TPSA) is 79.3 Å². The molecule has 1 heterocycles. The van der Waals surface area contributed by atoms with Gasteiger partial charge in [-0.15, -0.1) is 0 Å². The summed E-state index contributed by atoms with van der Waals surface area (Å²) in [7, 11) is 0. The largest absolute Gasteiger partial charge is 0.481 e. The van der Waals surface area contributed by atoms with Gasteiger partial charge < -0.3 is 10.4 Å². The highest BCUT2D eigenvalue weighted by atomic mass is 32.1. The van der Waals surface area contributed by atoms with Gasteiger partial charge in [-0.25, -0.2) is 4.98 Å². The summed E-state index contributed by atoms with van der Waals surface area (Å²) in [5, 5.41) is 12.7. The number of fused-ring (bicyclic) bond motifs is 3. The number of allylic oxidation sites excluding steroid dienone is 2. The molecule has 4 atom stereocenters. The predicted molar refractivity (Wildman–Crippen MR) is 114 cm³/mol. The van der Waals surface area contributed by atoms with Crippen molar-refractivity contribution in [2.75, 3.05) is 5.32 Å². The predicted octanol–water partition coefficient (Wildman–Crippen LogP) is 5.44. The second kappa shape index (κ2) is 7.44. The van der Waals surface area contributed by atoms with Crippen LogP contribution in [0.5, 0.6) is 0 Å². The highest BCUT2D eigenvalue weighted by Crippen LogP contribution is 2.48. The number of carboxylic acid groups (broad SMARTS) is 1. The second-order valence-corrected chi connectivity index (χ2v) is 9.13. The molecule has 0 spiro atoms. The Morgan fingerprint density at radius 3 is 2.31 bits per heavy atom. The molecule has 0 saturated heterocycles. The maximum atomic E-state index is 12.9. The Kier molecular flexibility index (Phi) is 4.81. The Bertz CT molecular complexity index is 1250. The minimum absolute atomic E-state index is 0.0817. The molecule has 32 heavy (non-hydrogen) atoms. The standard InChI is InChI=1S/C23H17F3N2O3S/c24-23(25,26)15-6-3-11(4-7-15)12-5-8-16-17(10-12)32-22(27-16)28-20(29)18-13-1-2-14(9-13)19(18)21(30)31/h1-8,10,13-14,18-19H,9H2,(H,30,31)(H,27,28,29). The Morgan fingerprint density at radius 2 is 1.66 bits per heavy atom. The summed E-state index contributed by atoms with van der Waals surface area (Å²) >= 11 is 1.24. The highest BCUT2D eigenvalue weighted by molar-refractivity contribution is 7.22. The Labute approximate surface area is 184 Å². The third kappa shape index (κ3) is 3.56. The lowest BCUT2D eigenvalue weighted by molar-refractivity contribution is -0.146. The normalized spacial score (nSPS) is 24.2. The minimum atomic E-state index is -4.39. The SMILES string of the molecule is O=C(O)C1C2C=CC(C2)C1C(=O)Nc1nc2ccc(-c3ccc(C(F)(F)F)cc3)cc2s1. The van der Waals surface area contributed by atoms with E-state index < -0.39 is 29.5 Å². The van der Waals surface area contributed by atoms with E-state index in [1.807, 2.05) is 18.2 Å². The number of thiazole rings is 1. The molecule has 1 aromatic heterocycles. The lowest BCUT2D eigenvalue weighted by Gasteiger charge is -2.23. The molecule has 1 amide bonds. The van der Waals surface area contributed by atoms with Crippen LogP contribution in [-0.2, 0) is 15.8 Å². The molecule has 9 heteroatoms. The molecule has 0 aliphatic heterocycles. The van der Waals surface area contributed by atoms with Crippen molar-refractivity contribution >= 4 is 38.6 Å². The van der Waals surface area contributed by atoms with Crippen molar-refractivity contribution in [2.45, 2.75) is 12.6 Å². The average Bonchev–Trinajstić information content (AvgIpc) is 3.46. The van der Waals surface area contributed by atoms with E-state index in [2.05, 4.69) is 10.3 Å². The van der Waals surface area contributed by atoms with Gasteiger partial charge >= 0.3 is 12.1 Å². The molecule has 1 saturated carbocycles. The fourth-order valence-electron chi connectivity index (χ4n) is 4.71. The van der Waals surface area contributed by atoms with Crippen molar-refractivity contribution < 1.29 is 27.9 Å². The number of nitrogens with one attached hydrogen (secondary N) is 1. The number of benzene rings is 2. The van der Waals surface area contributed by atoms with Gasteiger partial charge in [-0.3, -0.25) is 9.59 Å². The minimum Gasteiger partial charge on any atom is -0.481 e. The third-order valence-electron chi connectivity index (χ3n) is 6.21. The van der Waals surface area contributed by atoms with Gasteiger partial charge in [0.15, 0.2) is 5.13 Å². The van der Waals surface area contributed by atoms with Crippen molar-refractivity contribution in [2.24, 2.45) is 23.7 Å². The van der Waals surface area contributed by atoms with E-state index in [0.717, 1.165) is 22.4 Å². The van der Waals surface area contributed by atoms with Crippen molar-refractivity contribution in [3.05, 3.63) is 60.2 Å². The van der Waals surface area contributed by atoms with Crippen LogP contribution in [0.2, 0.25) is 0 Å². The van der Waals surface area contributed by atoms with Gasteiger partial charge in [0.05, 0.1) is 27.6 Å². The van der Waals surface area contributed by atoms with Crippen LogP contribution in [-0.4, -0.2) is 22.0 Å². The van der Waals surface area contributed by atoms with Crippen LogP contribution in [0.25, 0.3) is 21.3 Å². The molecule has 2 aliphatic rings. The number of alkyl halides is 3. The van der Waals surface area contributed by atoms with E-state index in [9.17, 15) is 27.9 Å². The van der Waals surface area contributed by atoms with Crippen LogP contribution in [0.3, 0.4) is 0 Å². The van der Waals surface area contributed by atoms with E-state index in [0.29, 0.717) is 22.6 Å².